The van der Waals surface area contributed by atoms with E-state index in [9.17, 15) is 8.42 Å². The average molecular weight is 236 g/mol. The Morgan fingerprint density at radius 1 is 1.64 bits per heavy atom. The molecule has 8 nitrogen and oxygen atoms in total. The van der Waals surface area contributed by atoms with Gasteiger partial charge in [0, 0.05) is 0 Å². The number of hydrogen-bond donors (Lipinski definition) is 3. The van der Waals surface area contributed by atoms with Gasteiger partial charge in [0.05, 0.1) is 11.5 Å². The molecule has 10 heteroatoms. The summed E-state index contributed by atoms with van der Waals surface area (Å²) in [7, 11) is -3.49. The SMILES string of the molecule is NC(=S)CS(=O)(=O)NCc1nn[nH]n1. The number of nitrogens with one attached hydrogen (secondary N) is 2. The second-order valence-electron chi connectivity index (χ2n) is 2.37. The molecule has 1 heterocycles. The topological polar surface area (TPSA) is 127 Å². The number of rotatable bonds is 5. The van der Waals surface area contributed by atoms with Crippen LogP contribution in [-0.4, -0.2) is 39.8 Å². The number of nitrogens with two attached hydrogens (primary N) is 1. The van der Waals surface area contributed by atoms with Crippen LogP contribution in [0.5, 0.6) is 0 Å². The number of aromatic amines is 1. The van der Waals surface area contributed by atoms with Crippen LogP contribution in [0.15, 0.2) is 0 Å². The Balaban J connectivity index is 2.49. The summed E-state index contributed by atoms with van der Waals surface area (Å²) in [4.78, 5) is -0.0920. The molecule has 1 rings (SSSR count). The molecule has 0 aromatic carbocycles. The van der Waals surface area contributed by atoms with Crippen LogP contribution in [0.2, 0.25) is 0 Å². The molecule has 0 unspecified atom stereocenters. The molecule has 78 valence electrons. The van der Waals surface area contributed by atoms with Crippen molar-refractivity contribution in [1.82, 2.24) is 25.3 Å². The zero-order valence-electron chi connectivity index (χ0n) is 6.97. The van der Waals surface area contributed by atoms with Crippen LogP contribution in [0, 0.1) is 0 Å². The van der Waals surface area contributed by atoms with Gasteiger partial charge in [-0.15, -0.1) is 10.2 Å². The van der Waals surface area contributed by atoms with Gasteiger partial charge < -0.3 is 5.73 Å². The van der Waals surface area contributed by atoms with E-state index in [-0.39, 0.29) is 23.1 Å². The molecule has 1 aromatic heterocycles. The smallest absolute Gasteiger partial charge is 0.218 e. The van der Waals surface area contributed by atoms with Crippen molar-refractivity contribution in [3.63, 3.8) is 0 Å². The summed E-state index contributed by atoms with van der Waals surface area (Å²) in [5.74, 6) is -0.142. The van der Waals surface area contributed by atoms with Crippen molar-refractivity contribution in [3.8, 4) is 0 Å². The van der Waals surface area contributed by atoms with Crippen molar-refractivity contribution in [1.29, 1.82) is 0 Å². The number of tetrazole rings is 1. The Morgan fingerprint density at radius 3 is 2.86 bits per heavy atom. The highest BCUT2D eigenvalue weighted by Crippen LogP contribution is 1.88. The summed E-state index contributed by atoms with van der Waals surface area (Å²) in [6.07, 6.45) is 0. The second-order valence-corrected chi connectivity index (χ2v) is 4.71. The minimum Gasteiger partial charge on any atom is -0.392 e. The summed E-state index contributed by atoms with van der Waals surface area (Å²) < 4.78 is 24.6. The van der Waals surface area contributed by atoms with Gasteiger partial charge >= 0.3 is 0 Å². The van der Waals surface area contributed by atoms with E-state index in [2.05, 4.69) is 37.6 Å². The lowest BCUT2D eigenvalue weighted by molar-refractivity contribution is 0.583. The van der Waals surface area contributed by atoms with Crippen molar-refractivity contribution >= 4 is 27.2 Å². The molecule has 0 amide bonds. The summed E-state index contributed by atoms with van der Waals surface area (Å²) in [5.41, 5.74) is 5.09. The van der Waals surface area contributed by atoms with Crippen LogP contribution in [0.1, 0.15) is 5.82 Å². The number of nitrogens with zero attached hydrogens (tertiary/aromatic N) is 3. The fraction of sp³-hybridized carbons (Fsp3) is 0.500. The highest BCUT2D eigenvalue weighted by molar-refractivity contribution is 7.92. The predicted octanol–water partition coefficient (Wildman–Crippen LogP) is -2.09. The third kappa shape index (κ3) is 3.72. The highest BCUT2D eigenvalue weighted by atomic mass is 32.2. The molecular formula is C4H8N6O2S2. The van der Waals surface area contributed by atoms with Crippen molar-refractivity contribution in [3.05, 3.63) is 5.82 Å². The fourth-order valence-electron chi connectivity index (χ4n) is 0.670. The zero-order valence-corrected chi connectivity index (χ0v) is 8.60. The first-order valence-corrected chi connectivity index (χ1v) is 5.53. The van der Waals surface area contributed by atoms with E-state index in [1.807, 2.05) is 0 Å². The van der Waals surface area contributed by atoms with Gasteiger partial charge in [0.1, 0.15) is 5.75 Å². The summed E-state index contributed by atoms with van der Waals surface area (Å²) in [6.45, 7) is -0.0402. The molecule has 0 bridgehead atoms. The van der Waals surface area contributed by atoms with Crippen LogP contribution in [0.4, 0.5) is 0 Å². The van der Waals surface area contributed by atoms with Crippen molar-refractivity contribution in [2.45, 2.75) is 6.54 Å². The van der Waals surface area contributed by atoms with Gasteiger partial charge in [-0.2, -0.15) is 5.21 Å². The predicted molar refractivity (Wildman–Crippen MR) is 51.6 cm³/mol. The van der Waals surface area contributed by atoms with E-state index in [0.717, 1.165) is 0 Å². The first kappa shape index (κ1) is 10.9. The largest absolute Gasteiger partial charge is 0.392 e. The fourth-order valence-corrected chi connectivity index (χ4v) is 1.96. The molecule has 0 aliphatic rings. The summed E-state index contributed by atoms with van der Waals surface area (Å²) in [5, 5.41) is 12.6. The monoisotopic (exact) mass is 236 g/mol. The van der Waals surface area contributed by atoms with Crippen LogP contribution < -0.4 is 10.5 Å². The van der Waals surface area contributed by atoms with Gasteiger partial charge in [0.25, 0.3) is 0 Å². The van der Waals surface area contributed by atoms with Gasteiger partial charge in [-0.25, -0.2) is 13.1 Å². The molecule has 14 heavy (non-hydrogen) atoms. The molecule has 0 aliphatic carbocycles. The first-order chi connectivity index (χ1) is 6.49. The molecule has 1 aromatic rings. The third-order valence-electron chi connectivity index (χ3n) is 1.17. The maximum atomic E-state index is 11.2. The van der Waals surface area contributed by atoms with E-state index in [4.69, 9.17) is 5.73 Å². The quantitative estimate of drug-likeness (QED) is 0.500. The Hall–Kier alpha value is -1.13. The first-order valence-electron chi connectivity index (χ1n) is 3.47. The van der Waals surface area contributed by atoms with Gasteiger partial charge in [0.2, 0.25) is 10.0 Å². The molecule has 0 spiro atoms. The van der Waals surface area contributed by atoms with E-state index in [1.165, 1.54) is 0 Å². The van der Waals surface area contributed by atoms with Gasteiger partial charge in [-0.3, -0.25) is 0 Å². The molecule has 0 saturated carbocycles. The van der Waals surface area contributed by atoms with Crippen molar-refractivity contribution < 1.29 is 8.42 Å². The Morgan fingerprint density at radius 2 is 2.36 bits per heavy atom. The number of aromatic nitrogens is 4. The van der Waals surface area contributed by atoms with Crippen molar-refractivity contribution in [2.75, 3.05) is 5.75 Å². The highest BCUT2D eigenvalue weighted by Gasteiger charge is 2.12. The van der Waals surface area contributed by atoms with Crippen LogP contribution >= 0.6 is 12.2 Å². The number of thiocarbonyl (C=S) groups is 1. The van der Waals surface area contributed by atoms with E-state index >= 15 is 0 Å². The number of sulfonamides is 1. The molecule has 0 fully saturated rings. The number of hydrogen-bond acceptors (Lipinski definition) is 6. The molecule has 0 atom stereocenters. The number of H-pyrrole nitrogens is 1. The van der Waals surface area contributed by atoms with Gasteiger partial charge in [0.15, 0.2) is 5.82 Å². The second kappa shape index (κ2) is 4.39. The summed E-state index contributed by atoms with van der Waals surface area (Å²) >= 11 is 4.47. The maximum Gasteiger partial charge on any atom is 0.218 e. The van der Waals surface area contributed by atoms with Crippen LogP contribution in [0.25, 0.3) is 0 Å². The third-order valence-corrected chi connectivity index (χ3v) is 2.77. The Kier molecular flexibility index (Phi) is 3.43. The lowest BCUT2D eigenvalue weighted by Gasteiger charge is -2.02. The zero-order chi connectivity index (χ0) is 10.6. The average Bonchev–Trinajstić information content (AvgIpc) is 2.50. The minimum atomic E-state index is -3.49. The Bertz CT molecular complexity index is 397. The molecule has 0 saturated heterocycles. The maximum absolute atomic E-state index is 11.2. The normalized spacial score (nSPS) is 11.4. The lowest BCUT2D eigenvalue weighted by atomic mass is 10.7. The van der Waals surface area contributed by atoms with Gasteiger partial charge in [-0.1, -0.05) is 17.4 Å². The Labute approximate surface area is 85.3 Å². The molecule has 4 N–H and O–H groups in total. The molecule has 0 radical (unpaired) electrons. The van der Waals surface area contributed by atoms with Crippen LogP contribution in [0.3, 0.4) is 0 Å². The summed E-state index contributed by atoms with van der Waals surface area (Å²) in [6, 6.07) is 0. The molecule has 0 aliphatic heterocycles. The van der Waals surface area contributed by atoms with E-state index in [0.29, 0.717) is 0 Å². The van der Waals surface area contributed by atoms with Crippen LogP contribution in [-0.2, 0) is 16.6 Å². The standard InChI is InChI=1S/C4H8N6O2S2/c5-3(13)2-14(11,12)6-1-4-7-9-10-8-4/h6H,1-2H2,(H2,5,13)(H,7,8,9,10). The lowest BCUT2D eigenvalue weighted by Crippen LogP contribution is -2.32. The van der Waals surface area contributed by atoms with Gasteiger partial charge in [-0.05, 0) is 0 Å². The minimum absolute atomic E-state index is 0.0402. The molecular weight excluding hydrogens is 228 g/mol. The van der Waals surface area contributed by atoms with E-state index < -0.39 is 10.0 Å². The van der Waals surface area contributed by atoms with Crippen molar-refractivity contribution in [2.24, 2.45) is 5.73 Å². The van der Waals surface area contributed by atoms with E-state index in [1.54, 1.807) is 0 Å².